The highest BCUT2D eigenvalue weighted by Crippen LogP contribution is 2.29. The maximum absolute atomic E-state index is 13.1. The molecule has 1 heterocycles. The van der Waals surface area contributed by atoms with Crippen molar-refractivity contribution in [3.05, 3.63) is 35.4 Å². The Bertz CT molecular complexity index is 537. The van der Waals surface area contributed by atoms with Gasteiger partial charge < -0.3 is 10.3 Å². The molecule has 0 saturated heterocycles. The summed E-state index contributed by atoms with van der Waals surface area (Å²) in [7, 11) is 0. The van der Waals surface area contributed by atoms with Crippen LogP contribution in [0, 0.1) is 11.6 Å². The third-order valence-electron chi connectivity index (χ3n) is 2.50. The second kappa shape index (κ2) is 4.53. The van der Waals surface area contributed by atoms with Crippen molar-refractivity contribution in [1.82, 2.24) is 5.16 Å². The van der Waals surface area contributed by atoms with Crippen molar-refractivity contribution in [2.24, 2.45) is 0 Å². The summed E-state index contributed by atoms with van der Waals surface area (Å²) < 4.78 is 31.0. The van der Waals surface area contributed by atoms with Gasteiger partial charge in [0.05, 0.1) is 0 Å². The van der Waals surface area contributed by atoms with Crippen molar-refractivity contribution in [2.45, 2.75) is 19.8 Å². The van der Waals surface area contributed by atoms with Crippen LogP contribution in [0.4, 0.5) is 14.6 Å². The van der Waals surface area contributed by atoms with E-state index in [9.17, 15) is 8.78 Å². The number of hydrogen-bond acceptors (Lipinski definition) is 3. The number of anilines is 1. The van der Waals surface area contributed by atoms with Crippen LogP contribution in [-0.4, -0.2) is 5.16 Å². The monoisotopic (exact) mass is 238 g/mol. The number of hydrogen-bond donors (Lipinski definition) is 1. The fourth-order valence-electron chi connectivity index (χ4n) is 1.68. The average Bonchev–Trinajstić information content (AvgIpc) is 2.66. The van der Waals surface area contributed by atoms with Gasteiger partial charge in [0.15, 0.2) is 23.2 Å². The zero-order valence-electron chi connectivity index (χ0n) is 9.34. The number of rotatable bonds is 3. The van der Waals surface area contributed by atoms with E-state index in [0.29, 0.717) is 23.6 Å². The molecule has 2 aromatic rings. The molecular weight excluding hydrogens is 226 g/mol. The Morgan fingerprint density at radius 3 is 2.71 bits per heavy atom. The molecule has 0 fully saturated rings. The molecule has 0 bridgehead atoms. The number of halogens is 2. The summed E-state index contributed by atoms with van der Waals surface area (Å²) in [6.07, 6.45) is 1.55. The summed E-state index contributed by atoms with van der Waals surface area (Å²) in [5.41, 5.74) is 6.84. The van der Waals surface area contributed by atoms with Gasteiger partial charge in [0.1, 0.15) is 0 Å². The van der Waals surface area contributed by atoms with Crippen molar-refractivity contribution < 1.29 is 13.3 Å². The van der Waals surface area contributed by atoms with E-state index < -0.39 is 11.6 Å². The molecule has 1 aromatic heterocycles. The summed E-state index contributed by atoms with van der Waals surface area (Å²) in [5.74, 6) is -1.10. The molecule has 90 valence electrons. The lowest BCUT2D eigenvalue weighted by Gasteiger charge is -2.01. The zero-order chi connectivity index (χ0) is 12.4. The molecule has 0 aliphatic heterocycles. The van der Waals surface area contributed by atoms with Crippen LogP contribution in [0.15, 0.2) is 22.7 Å². The molecule has 0 aliphatic rings. The largest absolute Gasteiger partial charge is 0.381 e. The molecule has 0 saturated carbocycles. The number of nitrogens with two attached hydrogens (primary N) is 1. The maximum Gasteiger partial charge on any atom is 0.172 e. The first-order valence-electron chi connectivity index (χ1n) is 5.33. The predicted molar refractivity (Wildman–Crippen MR) is 60.3 cm³/mol. The molecule has 0 aliphatic carbocycles. The molecule has 2 N–H and O–H groups in total. The first-order chi connectivity index (χ1) is 8.13. The van der Waals surface area contributed by atoms with Crippen LogP contribution in [0.3, 0.4) is 0 Å². The van der Waals surface area contributed by atoms with Crippen LogP contribution in [0.25, 0.3) is 11.3 Å². The Morgan fingerprint density at radius 1 is 1.29 bits per heavy atom. The van der Waals surface area contributed by atoms with Gasteiger partial charge in [-0.15, -0.1) is 0 Å². The Balaban J connectivity index is 2.48. The predicted octanol–water partition coefficient (Wildman–Crippen LogP) is 3.15. The minimum atomic E-state index is -0.917. The molecular formula is C12H12F2N2O. The fourth-order valence-corrected chi connectivity index (χ4v) is 1.68. The van der Waals surface area contributed by atoms with Crippen molar-refractivity contribution in [3.63, 3.8) is 0 Å². The summed E-state index contributed by atoms with van der Waals surface area (Å²) in [5, 5.41) is 3.65. The highest BCUT2D eigenvalue weighted by atomic mass is 19.2. The first kappa shape index (κ1) is 11.6. The Kier molecular flexibility index (Phi) is 3.08. The SMILES string of the molecule is CCCc1c(N)noc1-c1ccc(F)c(F)c1. The number of benzene rings is 1. The molecule has 2 rings (SSSR count). The highest BCUT2D eigenvalue weighted by Gasteiger charge is 2.16. The van der Waals surface area contributed by atoms with Gasteiger partial charge in [-0.2, -0.15) is 0 Å². The summed E-state index contributed by atoms with van der Waals surface area (Å²) in [6.45, 7) is 1.99. The van der Waals surface area contributed by atoms with Gasteiger partial charge in [-0.05, 0) is 24.6 Å². The van der Waals surface area contributed by atoms with Gasteiger partial charge in [0.25, 0.3) is 0 Å². The average molecular weight is 238 g/mol. The molecule has 1 aromatic carbocycles. The van der Waals surface area contributed by atoms with Gasteiger partial charge in [0.2, 0.25) is 0 Å². The van der Waals surface area contributed by atoms with Gasteiger partial charge in [-0.1, -0.05) is 18.5 Å². The van der Waals surface area contributed by atoms with Crippen LogP contribution in [0.1, 0.15) is 18.9 Å². The number of nitrogens with zero attached hydrogens (tertiary/aromatic N) is 1. The first-order valence-corrected chi connectivity index (χ1v) is 5.33. The van der Waals surface area contributed by atoms with E-state index in [1.165, 1.54) is 6.07 Å². The van der Waals surface area contributed by atoms with Crippen molar-refractivity contribution in [2.75, 3.05) is 5.73 Å². The van der Waals surface area contributed by atoms with E-state index in [0.717, 1.165) is 24.1 Å². The third-order valence-corrected chi connectivity index (χ3v) is 2.50. The van der Waals surface area contributed by atoms with Gasteiger partial charge in [-0.25, -0.2) is 8.78 Å². The molecule has 0 spiro atoms. The molecule has 17 heavy (non-hydrogen) atoms. The third kappa shape index (κ3) is 2.13. The van der Waals surface area contributed by atoms with E-state index in [4.69, 9.17) is 10.3 Å². The standard InChI is InChI=1S/C12H12F2N2O/c1-2-3-8-11(17-16-12(8)15)7-4-5-9(13)10(14)6-7/h4-6H,2-3H2,1H3,(H2,15,16). The van der Waals surface area contributed by atoms with Crippen LogP contribution in [-0.2, 0) is 6.42 Å². The lowest BCUT2D eigenvalue weighted by molar-refractivity contribution is 0.434. The molecule has 0 radical (unpaired) electrons. The summed E-state index contributed by atoms with van der Waals surface area (Å²) >= 11 is 0. The van der Waals surface area contributed by atoms with Gasteiger partial charge in [0, 0.05) is 11.1 Å². The quantitative estimate of drug-likeness (QED) is 0.893. The van der Waals surface area contributed by atoms with Crippen LogP contribution >= 0.6 is 0 Å². The number of nitrogen functional groups attached to an aromatic ring is 1. The van der Waals surface area contributed by atoms with Crippen LogP contribution in [0.2, 0.25) is 0 Å². The molecule has 0 amide bonds. The summed E-state index contributed by atoms with van der Waals surface area (Å²) in [6, 6.07) is 3.57. The van der Waals surface area contributed by atoms with Gasteiger partial charge >= 0.3 is 0 Å². The fraction of sp³-hybridized carbons (Fsp3) is 0.250. The normalized spacial score (nSPS) is 10.8. The van der Waals surface area contributed by atoms with E-state index in [1.54, 1.807) is 0 Å². The smallest absolute Gasteiger partial charge is 0.172 e. The van der Waals surface area contributed by atoms with E-state index in [2.05, 4.69) is 5.16 Å². The molecule has 3 nitrogen and oxygen atoms in total. The molecule has 0 atom stereocenters. The lowest BCUT2D eigenvalue weighted by atomic mass is 10.0. The van der Waals surface area contributed by atoms with Crippen LogP contribution < -0.4 is 5.73 Å². The topological polar surface area (TPSA) is 52.0 Å². The van der Waals surface area contributed by atoms with Crippen molar-refractivity contribution in [3.8, 4) is 11.3 Å². The van der Waals surface area contributed by atoms with Crippen molar-refractivity contribution in [1.29, 1.82) is 0 Å². The van der Waals surface area contributed by atoms with Crippen LogP contribution in [0.5, 0.6) is 0 Å². The number of aromatic nitrogens is 1. The maximum atomic E-state index is 13.1. The zero-order valence-corrected chi connectivity index (χ0v) is 9.34. The molecule has 0 unspecified atom stereocenters. The van der Waals surface area contributed by atoms with E-state index in [-0.39, 0.29) is 0 Å². The lowest BCUT2D eigenvalue weighted by Crippen LogP contribution is -1.93. The Labute approximate surface area is 97.2 Å². The van der Waals surface area contributed by atoms with Gasteiger partial charge in [-0.3, -0.25) is 0 Å². The second-order valence-electron chi connectivity index (χ2n) is 3.75. The minimum Gasteiger partial charge on any atom is -0.381 e. The summed E-state index contributed by atoms with van der Waals surface area (Å²) in [4.78, 5) is 0. The highest BCUT2D eigenvalue weighted by molar-refractivity contribution is 5.66. The Morgan fingerprint density at radius 2 is 2.06 bits per heavy atom. The van der Waals surface area contributed by atoms with E-state index >= 15 is 0 Å². The molecule has 5 heteroatoms. The second-order valence-corrected chi connectivity index (χ2v) is 3.75. The Hall–Kier alpha value is -1.91. The van der Waals surface area contributed by atoms with E-state index in [1.807, 2.05) is 6.92 Å². The van der Waals surface area contributed by atoms with Crippen molar-refractivity contribution >= 4 is 5.82 Å². The minimum absolute atomic E-state index is 0.298.